The van der Waals surface area contributed by atoms with Gasteiger partial charge in [0.2, 0.25) is 0 Å². The monoisotopic (exact) mass is 222 g/mol. The van der Waals surface area contributed by atoms with Gasteiger partial charge in [-0.1, -0.05) is 13.8 Å². The molecule has 88 valence electrons. The molecular weight excluding hydrogens is 203 g/mol. The Morgan fingerprint density at radius 2 is 2.06 bits per heavy atom. The Morgan fingerprint density at radius 1 is 1.31 bits per heavy atom. The molecule has 1 fully saturated rings. The largest absolute Gasteiger partial charge is 0.493 e. The molecule has 2 heteroatoms. The van der Waals surface area contributed by atoms with E-state index in [0.717, 1.165) is 18.6 Å². The Hall–Kier alpha value is -1.05. The summed E-state index contributed by atoms with van der Waals surface area (Å²) in [6, 6.07) is 5.04. The number of hydrogen-bond donors (Lipinski definition) is 0. The highest BCUT2D eigenvalue weighted by Crippen LogP contribution is 2.30. The van der Waals surface area contributed by atoms with Gasteiger partial charge in [-0.3, -0.25) is 0 Å². The molecule has 16 heavy (non-hydrogen) atoms. The third-order valence-electron chi connectivity index (χ3n) is 2.76. The van der Waals surface area contributed by atoms with E-state index in [2.05, 4.69) is 13.8 Å². The molecule has 2 rings (SSSR count). The molecule has 0 saturated heterocycles. The molecule has 1 nitrogen and oxygen atoms in total. The van der Waals surface area contributed by atoms with Gasteiger partial charge in [-0.2, -0.15) is 0 Å². The molecule has 0 radical (unpaired) electrons. The minimum atomic E-state index is -0.191. The van der Waals surface area contributed by atoms with E-state index in [4.69, 9.17) is 4.74 Å². The van der Waals surface area contributed by atoms with E-state index in [-0.39, 0.29) is 5.82 Å². The van der Waals surface area contributed by atoms with Crippen molar-refractivity contribution in [3.63, 3.8) is 0 Å². The van der Waals surface area contributed by atoms with Crippen molar-refractivity contribution in [1.82, 2.24) is 0 Å². The molecule has 0 atom stereocenters. The Labute approximate surface area is 96.6 Å². The molecule has 0 spiro atoms. The van der Waals surface area contributed by atoms with E-state index < -0.39 is 0 Å². The molecule has 0 bridgehead atoms. The Bertz CT molecular complexity index is 356. The molecule has 1 saturated carbocycles. The van der Waals surface area contributed by atoms with E-state index >= 15 is 0 Å². The highest BCUT2D eigenvalue weighted by atomic mass is 19.1. The van der Waals surface area contributed by atoms with Crippen LogP contribution in [0.3, 0.4) is 0 Å². The molecule has 1 aromatic carbocycles. The number of rotatable bonds is 5. The molecule has 0 heterocycles. The fraction of sp³-hybridized carbons (Fsp3) is 0.571. The van der Waals surface area contributed by atoms with Gasteiger partial charge in [0.05, 0.1) is 6.61 Å². The summed E-state index contributed by atoms with van der Waals surface area (Å²) in [7, 11) is 0. The first-order chi connectivity index (χ1) is 7.63. The summed E-state index contributed by atoms with van der Waals surface area (Å²) in [5, 5.41) is 0. The maximum absolute atomic E-state index is 13.3. The summed E-state index contributed by atoms with van der Waals surface area (Å²) in [5.41, 5.74) is 1.03. The summed E-state index contributed by atoms with van der Waals surface area (Å²) in [5.74, 6) is 1.74. The molecule has 0 amide bonds. The van der Waals surface area contributed by atoms with Crippen LogP contribution in [0.1, 0.15) is 32.3 Å². The Morgan fingerprint density at radius 3 is 2.69 bits per heavy atom. The van der Waals surface area contributed by atoms with E-state index in [1.165, 1.54) is 18.9 Å². The van der Waals surface area contributed by atoms with E-state index in [1.807, 2.05) is 6.07 Å². The second kappa shape index (κ2) is 4.86. The zero-order chi connectivity index (χ0) is 11.5. The van der Waals surface area contributed by atoms with Gasteiger partial charge in [-0.05, 0) is 48.8 Å². The smallest absolute Gasteiger partial charge is 0.127 e. The fourth-order valence-electron chi connectivity index (χ4n) is 1.79. The molecule has 0 aliphatic heterocycles. The van der Waals surface area contributed by atoms with Crippen molar-refractivity contribution in [3.8, 4) is 5.75 Å². The molecule has 0 unspecified atom stereocenters. The van der Waals surface area contributed by atoms with Crippen LogP contribution in [0, 0.1) is 17.7 Å². The van der Waals surface area contributed by atoms with Crippen molar-refractivity contribution in [2.75, 3.05) is 6.61 Å². The average molecular weight is 222 g/mol. The minimum Gasteiger partial charge on any atom is -0.493 e. The third kappa shape index (κ3) is 3.51. The van der Waals surface area contributed by atoms with Crippen LogP contribution in [0.25, 0.3) is 0 Å². The van der Waals surface area contributed by atoms with Gasteiger partial charge < -0.3 is 4.74 Å². The zero-order valence-corrected chi connectivity index (χ0v) is 10.0. The SMILES string of the molecule is CC(C)Cc1cc(F)cc(OCC2CC2)c1. The lowest BCUT2D eigenvalue weighted by Gasteiger charge is -2.09. The minimum absolute atomic E-state index is 0.191. The van der Waals surface area contributed by atoms with Crippen LogP contribution < -0.4 is 4.74 Å². The van der Waals surface area contributed by atoms with Crippen molar-refractivity contribution in [3.05, 3.63) is 29.6 Å². The first-order valence-corrected chi connectivity index (χ1v) is 6.06. The van der Waals surface area contributed by atoms with Crippen LogP contribution in [0.2, 0.25) is 0 Å². The topological polar surface area (TPSA) is 9.23 Å². The van der Waals surface area contributed by atoms with Crippen LogP contribution in [0.15, 0.2) is 18.2 Å². The van der Waals surface area contributed by atoms with Crippen LogP contribution in [-0.4, -0.2) is 6.61 Å². The molecular formula is C14H19FO. The van der Waals surface area contributed by atoms with Crippen molar-refractivity contribution in [2.45, 2.75) is 33.1 Å². The number of halogens is 1. The van der Waals surface area contributed by atoms with Crippen LogP contribution >= 0.6 is 0 Å². The van der Waals surface area contributed by atoms with Crippen molar-refractivity contribution in [1.29, 1.82) is 0 Å². The summed E-state index contributed by atoms with van der Waals surface area (Å²) >= 11 is 0. The second-order valence-corrected chi connectivity index (χ2v) is 5.15. The highest BCUT2D eigenvalue weighted by Gasteiger charge is 2.22. The van der Waals surface area contributed by atoms with Gasteiger partial charge in [-0.15, -0.1) is 0 Å². The highest BCUT2D eigenvalue weighted by molar-refractivity contribution is 5.30. The predicted octanol–water partition coefficient (Wildman–Crippen LogP) is 3.81. The van der Waals surface area contributed by atoms with Crippen molar-refractivity contribution >= 4 is 0 Å². The first-order valence-electron chi connectivity index (χ1n) is 6.06. The number of benzene rings is 1. The van der Waals surface area contributed by atoms with Crippen LogP contribution in [0.5, 0.6) is 5.75 Å². The summed E-state index contributed by atoms with van der Waals surface area (Å²) in [6.45, 7) is 5.01. The van der Waals surface area contributed by atoms with Crippen molar-refractivity contribution in [2.24, 2.45) is 11.8 Å². The van der Waals surface area contributed by atoms with Gasteiger partial charge in [-0.25, -0.2) is 4.39 Å². The third-order valence-corrected chi connectivity index (χ3v) is 2.76. The maximum atomic E-state index is 13.3. The second-order valence-electron chi connectivity index (χ2n) is 5.15. The summed E-state index contributed by atoms with van der Waals surface area (Å²) in [4.78, 5) is 0. The van der Waals surface area contributed by atoms with Gasteiger partial charge in [0.25, 0.3) is 0 Å². The lowest BCUT2D eigenvalue weighted by Crippen LogP contribution is -2.01. The Kier molecular flexibility index (Phi) is 3.47. The van der Waals surface area contributed by atoms with Crippen LogP contribution in [0.4, 0.5) is 4.39 Å². The molecule has 0 N–H and O–H groups in total. The first kappa shape index (κ1) is 11.4. The standard InChI is InChI=1S/C14H19FO/c1-10(2)5-12-6-13(15)8-14(7-12)16-9-11-3-4-11/h6-8,10-11H,3-5,9H2,1-2H3. The van der Waals surface area contributed by atoms with Gasteiger partial charge >= 0.3 is 0 Å². The number of ether oxygens (including phenoxy) is 1. The number of hydrogen-bond acceptors (Lipinski definition) is 1. The van der Waals surface area contributed by atoms with E-state index in [9.17, 15) is 4.39 Å². The van der Waals surface area contributed by atoms with E-state index in [0.29, 0.717) is 17.6 Å². The van der Waals surface area contributed by atoms with Gasteiger partial charge in [0.1, 0.15) is 11.6 Å². The van der Waals surface area contributed by atoms with Crippen LogP contribution in [-0.2, 0) is 6.42 Å². The molecule has 1 aliphatic carbocycles. The predicted molar refractivity (Wildman–Crippen MR) is 63.2 cm³/mol. The maximum Gasteiger partial charge on any atom is 0.127 e. The Balaban J connectivity index is 2.01. The zero-order valence-electron chi connectivity index (χ0n) is 10.0. The molecule has 0 aromatic heterocycles. The fourth-order valence-corrected chi connectivity index (χ4v) is 1.79. The molecule has 1 aromatic rings. The summed E-state index contributed by atoms with van der Waals surface area (Å²) in [6.07, 6.45) is 3.42. The average Bonchev–Trinajstić information content (AvgIpc) is 2.95. The normalized spacial score (nSPS) is 15.5. The molecule has 1 aliphatic rings. The lowest BCUT2D eigenvalue weighted by atomic mass is 10.0. The van der Waals surface area contributed by atoms with E-state index in [1.54, 1.807) is 6.07 Å². The van der Waals surface area contributed by atoms with Gasteiger partial charge in [0, 0.05) is 6.07 Å². The summed E-state index contributed by atoms with van der Waals surface area (Å²) < 4.78 is 18.9. The van der Waals surface area contributed by atoms with Gasteiger partial charge in [0.15, 0.2) is 0 Å². The lowest BCUT2D eigenvalue weighted by molar-refractivity contribution is 0.298. The van der Waals surface area contributed by atoms with Crippen molar-refractivity contribution < 1.29 is 9.13 Å². The quantitative estimate of drug-likeness (QED) is 0.736.